The van der Waals surface area contributed by atoms with Gasteiger partial charge >= 0.3 is 0 Å². The Hall–Kier alpha value is -0.260. The van der Waals surface area contributed by atoms with E-state index >= 15 is 0 Å². The van der Waals surface area contributed by atoms with Gasteiger partial charge in [-0.1, -0.05) is 18.7 Å². The van der Waals surface area contributed by atoms with Crippen molar-refractivity contribution in [1.29, 1.82) is 0 Å². The van der Waals surface area contributed by atoms with Crippen molar-refractivity contribution in [2.45, 2.75) is 51.4 Å². The van der Waals surface area contributed by atoms with Gasteiger partial charge in [0.05, 0.1) is 6.42 Å². The van der Waals surface area contributed by atoms with Gasteiger partial charge < -0.3 is 0 Å². The average Bonchev–Trinajstić information content (AvgIpc) is 2.08. The molecule has 96 valence electrons. The lowest BCUT2D eigenvalue weighted by Crippen LogP contribution is -2.26. The molecular formula is C10H16F4OS. The first kappa shape index (κ1) is 15.7. The molecule has 1 nitrogen and oxygen atoms in total. The third kappa shape index (κ3) is 9.00. The van der Waals surface area contributed by atoms with Crippen LogP contribution < -0.4 is 0 Å². The van der Waals surface area contributed by atoms with Gasteiger partial charge in [0.25, 0.3) is 11.8 Å². The van der Waals surface area contributed by atoms with Crippen LogP contribution in [0.5, 0.6) is 0 Å². The normalized spacial score (nSPS) is 12.9. The van der Waals surface area contributed by atoms with E-state index in [-0.39, 0.29) is 17.3 Å². The van der Waals surface area contributed by atoms with Crippen LogP contribution in [0.4, 0.5) is 17.6 Å². The van der Waals surface area contributed by atoms with Crippen LogP contribution in [0.3, 0.4) is 0 Å². The second-order valence-corrected chi connectivity index (χ2v) is 4.93. The second kappa shape index (κ2) is 6.47. The summed E-state index contributed by atoms with van der Waals surface area (Å²) in [5.41, 5.74) is 0. The molecule has 0 radical (unpaired) electrons. The highest BCUT2D eigenvalue weighted by Crippen LogP contribution is 2.33. The highest BCUT2D eigenvalue weighted by atomic mass is 32.2. The van der Waals surface area contributed by atoms with Crippen LogP contribution in [0.15, 0.2) is 0 Å². The first-order chi connectivity index (χ1) is 7.16. The third-order valence-electron chi connectivity index (χ3n) is 1.81. The molecule has 0 fully saturated rings. The van der Waals surface area contributed by atoms with E-state index in [2.05, 4.69) is 0 Å². The van der Waals surface area contributed by atoms with Crippen molar-refractivity contribution >= 4 is 16.9 Å². The molecule has 0 heterocycles. The molecule has 0 aromatic rings. The molecule has 0 rings (SSSR count). The summed E-state index contributed by atoms with van der Waals surface area (Å²) in [5, 5.41) is -0.0656. The summed E-state index contributed by atoms with van der Waals surface area (Å²) in [6, 6.07) is 0. The SMILES string of the molecule is CCC(=O)SCCCC(F)(F)CC(C)(F)F. The van der Waals surface area contributed by atoms with Gasteiger partial charge in [-0.2, -0.15) is 0 Å². The van der Waals surface area contributed by atoms with Crippen molar-refractivity contribution in [2.75, 3.05) is 5.75 Å². The number of hydrogen-bond acceptors (Lipinski definition) is 2. The zero-order valence-electron chi connectivity index (χ0n) is 9.36. The summed E-state index contributed by atoms with van der Waals surface area (Å²) in [6.45, 7) is 2.16. The summed E-state index contributed by atoms with van der Waals surface area (Å²) < 4.78 is 50.6. The van der Waals surface area contributed by atoms with Gasteiger partial charge in [-0.15, -0.1) is 0 Å². The molecule has 0 aromatic carbocycles. The standard InChI is InChI=1S/C10H16F4OS/c1-3-8(15)16-6-4-5-10(13,14)7-9(2,11)12/h3-7H2,1-2H3. The molecule has 0 amide bonds. The topological polar surface area (TPSA) is 17.1 Å². The molecular weight excluding hydrogens is 244 g/mol. The predicted molar refractivity (Wildman–Crippen MR) is 57.2 cm³/mol. The van der Waals surface area contributed by atoms with Crippen LogP contribution in [0.1, 0.15) is 39.5 Å². The van der Waals surface area contributed by atoms with Gasteiger partial charge in [0.2, 0.25) is 0 Å². The largest absolute Gasteiger partial charge is 0.287 e. The van der Waals surface area contributed by atoms with Crippen molar-refractivity contribution < 1.29 is 22.4 Å². The first-order valence-corrected chi connectivity index (χ1v) is 6.06. The highest BCUT2D eigenvalue weighted by molar-refractivity contribution is 8.13. The Labute approximate surface area is 97.0 Å². The Morgan fingerprint density at radius 2 is 1.81 bits per heavy atom. The Morgan fingerprint density at radius 1 is 1.25 bits per heavy atom. The lowest BCUT2D eigenvalue weighted by Gasteiger charge is -2.19. The van der Waals surface area contributed by atoms with Crippen LogP contribution in [0, 0.1) is 0 Å². The monoisotopic (exact) mass is 260 g/mol. The van der Waals surface area contributed by atoms with Crippen molar-refractivity contribution in [3.05, 3.63) is 0 Å². The van der Waals surface area contributed by atoms with E-state index in [0.29, 0.717) is 13.3 Å². The number of halogens is 4. The summed E-state index contributed by atoms with van der Waals surface area (Å²) in [7, 11) is 0. The van der Waals surface area contributed by atoms with Gasteiger partial charge in [-0.05, 0) is 13.3 Å². The second-order valence-electron chi connectivity index (χ2n) is 3.78. The molecule has 0 bridgehead atoms. The molecule has 0 saturated carbocycles. The number of carbonyl (C=O) groups is 1. The van der Waals surface area contributed by atoms with Crippen LogP contribution in [0.25, 0.3) is 0 Å². The molecule has 0 aliphatic rings. The Balaban J connectivity index is 3.78. The molecule has 0 aromatic heterocycles. The summed E-state index contributed by atoms with van der Waals surface area (Å²) in [4.78, 5) is 10.8. The van der Waals surface area contributed by atoms with E-state index in [1.807, 2.05) is 0 Å². The lowest BCUT2D eigenvalue weighted by molar-refractivity contribution is -0.111. The van der Waals surface area contributed by atoms with E-state index in [9.17, 15) is 22.4 Å². The van der Waals surface area contributed by atoms with E-state index in [1.165, 1.54) is 0 Å². The molecule has 6 heteroatoms. The van der Waals surface area contributed by atoms with Crippen LogP contribution >= 0.6 is 11.8 Å². The number of carbonyl (C=O) groups excluding carboxylic acids is 1. The zero-order chi connectivity index (χ0) is 12.8. The molecule has 0 spiro atoms. The highest BCUT2D eigenvalue weighted by Gasteiger charge is 2.39. The van der Waals surface area contributed by atoms with Crippen molar-refractivity contribution in [3.63, 3.8) is 0 Å². The molecule has 0 atom stereocenters. The fourth-order valence-corrected chi connectivity index (χ4v) is 1.88. The quantitative estimate of drug-likeness (QED) is 0.506. The smallest absolute Gasteiger partial charge is 0.253 e. The van der Waals surface area contributed by atoms with Gasteiger partial charge in [-0.25, -0.2) is 17.6 Å². The van der Waals surface area contributed by atoms with Crippen LogP contribution in [-0.2, 0) is 4.79 Å². The average molecular weight is 260 g/mol. The first-order valence-electron chi connectivity index (χ1n) is 5.07. The summed E-state index contributed by atoms with van der Waals surface area (Å²) >= 11 is 0.975. The minimum atomic E-state index is -3.35. The maximum atomic E-state index is 13.0. The molecule has 0 N–H and O–H groups in total. The maximum absolute atomic E-state index is 13.0. The van der Waals surface area contributed by atoms with Crippen LogP contribution in [0.2, 0.25) is 0 Å². The summed E-state index contributed by atoms with van der Waals surface area (Å²) in [5.74, 6) is -6.44. The molecule has 0 aliphatic heterocycles. The maximum Gasteiger partial charge on any atom is 0.253 e. The Morgan fingerprint density at radius 3 is 2.25 bits per heavy atom. The predicted octanol–water partition coefficient (Wildman–Crippen LogP) is 4.12. The lowest BCUT2D eigenvalue weighted by atomic mass is 10.1. The Bertz CT molecular complexity index is 225. The van der Waals surface area contributed by atoms with E-state index in [0.717, 1.165) is 11.8 Å². The van der Waals surface area contributed by atoms with E-state index < -0.39 is 24.7 Å². The number of hydrogen-bond donors (Lipinski definition) is 0. The van der Waals surface area contributed by atoms with Gasteiger partial charge in [0.1, 0.15) is 0 Å². The zero-order valence-corrected chi connectivity index (χ0v) is 10.2. The van der Waals surface area contributed by atoms with Gasteiger partial charge in [-0.3, -0.25) is 4.79 Å². The molecule has 0 saturated heterocycles. The van der Waals surface area contributed by atoms with Crippen molar-refractivity contribution in [2.24, 2.45) is 0 Å². The van der Waals surface area contributed by atoms with Crippen molar-refractivity contribution in [1.82, 2.24) is 0 Å². The molecule has 0 aliphatic carbocycles. The fraction of sp³-hybridized carbons (Fsp3) is 0.900. The molecule has 16 heavy (non-hydrogen) atoms. The summed E-state index contributed by atoms with van der Waals surface area (Å²) in [6.07, 6.45) is -1.60. The van der Waals surface area contributed by atoms with Crippen molar-refractivity contribution in [3.8, 4) is 0 Å². The number of thioether (sulfide) groups is 1. The Kier molecular flexibility index (Phi) is 6.36. The van der Waals surface area contributed by atoms with E-state index in [1.54, 1.807) is 6.92 Å². The van der Waals surface area contributed by atoms with E-state index in [4.69, 9.17) is 0 Å². The number of alkyl halides is 4. The van der Waals surface area contributed by atoms with Crippen LogP contribution in [-0.4, -0.2) is 22.7 Å². The minimum absolute atomic E-state index is 0.0656. The number of rotatable bonds is 7. The third-order valence-corrected chi connectivity index (χ3v) is 2.91. The molecule has 0 unspecified atom stereocenters. The minimum Gasteiger partial charge on any atom is -0.287 e. The van der Waals surface area contributed by atoms with Gasteiger partial charge in [0, 0.05) is 18.6 Å². The van der Waals surface area contributed by atoms with Gasteiger partial charge in [0.15, 0.2) is 5.12 Å². The fourth-order valence-electron chi connectivity index (χ4n) is 1.16.